The molecule has 17 nitrogen and oxygen atoms in total. The number of imidazole rings is 2. The lowest BCUT2D eigenvalue weighted by Crippen LogP contribution is -2.52. The quantitative estimate of drug-likeness (QED) is 0.0716. The Bertz CT molecular complexity index is 2540. The summed E-state index contributed by atoms with van der Waals surface area (Å²) in [7, 11) is 4.26. The number of rotatable bonds is 16. The maximum Gasteiger partial charge on any atom is 0.407 e. The Labute approximate surface area is 391 Å². The number of nitrogens with zero attached hydrogens (tertiary/aromatic N) is 5. The molecule has 67 heavy (non-hydrogen) atoms. The maximum atomic E-state index is 13.9. The highest BCUT2D eigenvalue weighted by Crippen LogP contribution is 2.48. The predicted octanol–water partition coefficient (Wildman–Crippen LogP) is 7.51. The molecule has 3 aliphatic rings. The molecular weight excluding hydrogens is 855 g/mol. The molecule has 3 fully saturated rings. The molecule has 1 unspecified atom stereocenters. The fraction of sp³-hybridized carbons (Fsp3) is 0.520. The lowest BCUT2D eigenvalue weighted by molar-refractivity contribution is -0.136. The molecule has 358 valence electrons. The summed E-state index contributed by atoms with van der Waals surface area (Å²) in [6, 6.07) is 19.6. The number of H-pyrrole nitrogens is 2. The van der Waals surface area contributed by atoms with Crippen molar-refractivity contribution in [1.82, 2.24) is 40.4 Å². The van der Waals surface area contributed by atoms with Gasteiger partial charge in [-0.3, -0.25) is 9.59 Å². The van der Waals surface area contributed by atoms with Gasteiger partial charge in [0.05, 0.1) is 61.0 Å². The van der Waals surface area contributed by atoms with Crippen LogP contribution in [0.5, 0.6) is 5.75 Å². The summed E-state index contributed by atoms with van der Waals surface area (Å²) in [4.78, 5) is 75.4. The first-order valence-electron chi connectivity index (χ1n) is 23.7. The highest BCUT2D eigenvalue weighted by molar-refractivity contribution is 5.87. The molecule has 8 rings (SSSR count). The zero-order valence-electron chi connectivity index (χ0n) is 39.7. The second kappa shape index (κ2) is 20.7. The van der Waals surface area contributed by atoms with E-state index in [1.54, 1.807) is 7.11 Å². The van der Waals surface area contributed by atoms with Gasteiger partial charge in [0.25, 0.3) is 0 Å². The van der Waals surface area contributed by atoms with Crippen molar-refractivity contribution < 1.29 is 38.1 Å². The molecule has 2 aromatic heterocycles. The minimum absolute atomic E-state index is 0.0319. The molecule has 4 N–H and O–H groups in total. The van der Waals surface area contributed by atoms with Crippen LogP contribution >= 0.6 is 0 Å². The molecule has 4 amide bonds. The second-order valence-electron chi connectivity index (χ2n) is 18.6. The fourth-order valence-electron chi connectivity index (χ4n) is 10.2. The molecule has 5 heterocycles. The largest absolute Gasteiger partial charge is 0.491 e. The molecule has 0 radical (unpaired) electrons. The van der Waals surface area contributed by atoms with Gasteiger partial charge in [0.2, 0.25) is 11.8 Å². The van der Waals surface area contributed by atoms with Crippen molar-refractivity contribution in [2.75, 3.05) is 52.5 Å². The van der Waals surface area contributed by atoms with Crippen molar-refractivity contribution in [3.63, 3.8) is 0 Å². The third-order valence-corrected chi connectivity index (χ3v) is 13.6. The van der Waals surface area contributed by atoms with Crippen LogP contribution in [0.1, 0.15) is 107 Å². The Hall–Kier alpha value is -6.36. The number of anilines is 1. The van der Waals surface area contributed by atoms with Crippen LogP contribution in [-0.2, 0) is 30.2 Å². The average Bonchev–Trinajstić information content (AvgIpc) is 4.19. The number of hydrogen-bond acceptors (Lipinski definition) is 11. The van der Waals surface area contributed by atoms with E-state index in [0.717, 1.165) is 94.8 Å². The number of hydrogen-bond donors (Lipinski definition) is 4. The zero-order valence-corrected chi connectivity index (χ0v) is 39.7. The number of aromatic amines is 2. The van der Waals surface area contributed by atoms with Crippen LogP contribution in [0.4, 0.5) is 15.3 Å². The van der Waals surface area contributed by atoms with E-state index in [1.807, 2.05) is 49.6 Å². The number of nitrogens with one attached hydrogen (secondary N) is 4. The summed E-state index contributed by atoms with van der Waals surface area (Å²) in [5, 5.41) is 5.48. The third kappa shape index (κ3) is 10.2. The summed E-state index contributed by atoms with van der Waals surface area (Å²) in [5.74, 6) is 1.85. The first-order valence-corrected chi connectivity index (χ1v) is 23.7. The van der Waals surface area contributed by atoms with Gasteiger partial charge >= 0.3 is 12.2 Å². The van der Waals surface area contributed by atoms with Gasteiger partial charge in [-0.25, -0.2) is 19.6 Å². The van der Waals surface area contributed by atoms with Crippen molar-refractivity contribution in [3.8, 4) is 5.75 Å². The number of ether oxygens (including phenoxy) is 4. The number of carbonyl (C=O) groups excluding carboxylic acids is 4. The van der Waals surface area contributed by atoms with Crippen LogP contribution < -0.4 is 20.3 Å². The van der Waals surface area contributed by atoms with E-state index in [-0.39, 0.29) is 47.8 Å². The topological polar surface area (TPSA) is 196 Å². The van der Waals surface area contributed by atoms with Gasteiger partial charge in [-0.05, 0) is 110 Å². The fourth-order valence-corrected chi connectivity index (χ4v) is 10.2. The molecule has 3 saturated heterocycles. The zero-order chi connectivity index (χ0) is 47.4. The number of fused-ring (bicyclic) bond motifs is 2. The van der Waals surface area contributed by atoms with Crippen LogP contribution in [-0.4, -0.2) is 119 Å². The highest BCUT2D eigenvalue weighted by Gasteiger charge is 2.40. The van der Waals surface area contributed by atoms with Gasteiger partial charge in [0.1, 0.15) is 36.1 Å². The summed E-state index contributed by atoms with van der Waals surface area (Å²) < 4.78 is 20.8. The highest BCUT2D eigenvalue weighted by atomic mass is 16.5. The second-order valence-corrected chi connectivity index (χ2v) is 18.6. The number of carbonyl (C=O) groups is 4. The van der Waals surface area contributed by atoms with E-state index in [1.165, 1.54) is 14.2 Å². The number of amides is 4. The SMILES string of the molecule is COCCOc1ccc(N2[C@@H](c3ccc4nc(CC5CCCN5C(=O)[C@@H](NC(=O)OC)C(C)C)[nH]c4c3)CC[C@@H]2c2ccc3nc([C@@H]4CCCN4C(=O)[C@@H](NC(=O)OC)C(C)C)[nH]c3c2)cc1. The lowest BCUT2D eigenvalue weighted by atomic mass is 10.0. The molecule has 17 heteroatoms. The van der Waals surface area contributed by atoms with Crippen LogP contribution in [0.2, 0.25) is 0 Å². The van der Waals surface area contributed by atoms with Gasteiger partial charge in [-0.1, -0.05) is 39.8 Å². The Balaban J connectivity index is 1.05. The van der Waals surface area contributed by atoms with Crippen LogP contribution in [0, 0.1) is 11.8 Å². The van der Waals surface area contributed by atoms with Gasteiger partial charge < -0.3 is 54.2 Å². The molecular formula is C50H65N9O8. The Morgan fingerprint density at radius 2 is 1.24 bits per heavy atom. The monoisotopic (exact) mass is 919 g/mol. The number of methoxy groups -OCH3 is 3. The minimum Gasteiger partial charge on any atom is -0.491 e. The number of likely N-dealkylation sites (tertiary alicyclic amines) is 2. The number of alkyl carbamates (subject to hydrolysis) is 2. The van der Waals surface area contributed by atoms with E-state index < -0.39 is 24.3 Å². The third-order valence-electron chi connectivity index (χ3n) is 13.6. The van der Waals surface area contributed by atoms with E-state index >= 15 is 0 Å². The summed E-state index contributed by atoms with van der Waals surface area (Å²) in [6.45, 7) is 9.83. The minimum atomic E-state index is -0.714. The first kappa shape index (κ1) is 47.1. The van der Waals surface area contributed by atoms with Crippen LogP contribution in [0.3, 0.4) is 0 Å². The maximum absolute atomic E-state index is 13.9. The summed E-state index contributed by atoms with van der Waals surface area (Å²) >= 11 is 0. The van der Waals surface area contributed by atoms with E-state index in [4.69, 9.17) is 28.9 Å². The lowest BCUT2D eigenvalue weighted by Gasteiger charge is -2.33. The van der Waals surface area contributed by atoms with Crippen molar-refractivity contribution in [2.24, 2.45) is 11.8 Å². The molecule has 0 bridgehead atoms. The Kier molecular flexibility index (Phi) is 14.5. The van der Waals surface area contributed by atoms with E-state index in [9.17, 15) is 19.2 Å². The smallest absolute Gasteiger partial charge is 0.407 e. The molecule has 3 aliphatic heterocycles. The van der Waals surface area contributed by atoms with Gasteiger partial charge in [0.15, 0.2) is 0 Å². The Morgan fingerprint density at radius 1 is 0.672 bits per heavy atom. The number of aromatic nitrogens is 4. The first-order chi connectivity index (χ1) is 32.4. The van der Waals surface area contributed by atoms with Crippen molar-refractivity contribution in [2.45, 2.75) is 109 Å². The van der Waals surface area contributed by atoms with Crippen molar-refractivity contribution in [1.29, 1.82) is 0 Å². The normalized spacial score (nSPS) is 20.5. The summed E-state index contributed by atoms with van der Waals surface area (Å²) in [6.07, 6.45) is 4.47. The van der Waals surface area contributed by atoms with E-state index in [0.29, 0.717) is 32.7 Å². The average molecular weight is 920 g/mol. The molecule has 0 saturated carbocycles. The molecule has 3 aromatic carbocycles. The van der Waals surface area contributed by atoms with Gasteiger partial charge in [0, 0.05) is 38.3 Å². The van der Waals surface area contributed by atoms with Crippen LogP contribution in [0.25, 0.3) is 22.1 Å². The molecule has 0 aliphatic carbocycles. The van der Waals surface area contributed by atoms with E-state index in [2.05, 4.69) is 74.0 Å². The predicted molar refractivity (Wildman–Crippen MR) is 254 cm³/mol. The standard InChI is InChI=1S/C50H65N9O8/c1-29(2)44(55-49(62)65-6)47(60)57-22-8-10-34(57)28-43-51-36-18-12-31(26-38(36)52-43)40-20-21-41(59(40)33-14-16-35(17-15-33)67-25-24-64-5)32-13-19-37-39(27-32)54-46(53-37)42-11-9-23-58(42)48(61)45(30(3)4)56-50(63)66-7/h12-19,26-27,29-30,34,40-42,44-45H,8-11,20-25,28H2,1-7H3,(H,51,52)(H,53,54)(H,55,62)(H,56,63)/t34?,40-,41-,42+,44+,45+/m1/s1. The number of benzene rings is 3. The van der Waals surface area contributed by atoms with Crippen molar-refractivity contribution >= 4 is 51.8 Å². The molecule has 0 spiro atoms. The molecule has 5 aromatic rings. The molecule has 6 atom stereocenters. The van der Waals surface area contributed by atoms with Gasteiger partial charge in [-0.15, -0.1) is 0 Å². The Morgan fingerprint density at radius 3 is 1.84 bits per heavy atom. The van der Waals surface area contributed by atoms with Crippen LogP contribution in [0.15, 0.2) is 60.7 Å². The summed E-state index contributed by atoms with van der Waals surface area (Å²) in [5.41, 5.74) is 6.90. The van der Waals surface area contributed by atoms with Crippen molar-refractivity contribution in [3.05, 3.63) is 83.4 Å². The van der Waals surface area contributed by atoms with Gasteiger partial charge in [-0.2, -0.15) is 0 Å².